The summed E-state index contributed by atoms with van der Waals surface area (Å²) in [7, 11) is 0. The summed E-state index contributed by atoms with van der Waals surface area (Å²) in [5, 5.41) is 2.78. The van der Waals surface area contributed by atoms with Gasteiger partial charge < -0.3 is 10.1 Å². The molecule has 0 fully saturated rings. The van der Waals surface area contributed by atoms with E-state index in [1.807, 2.05) is 30.3 Å². The summed E-state index contributed by atoms with van der Waals surface area (Å²) < 4.78 is 5.82. The van der Waals surface area contributed by atoms with Gasteiger partial charge in [0.15, 0.2) is 5.75 Å². The number of nitrogens with one attached hydrogen (secondary N) is 1. The normalized spacial score (nSPS) is 12.6. The lowest BCUT2D eigenvalue weighted by Crippen LogP contribution is -2.33. The lowest BCUT2D eigenvalue weighted by molar-refractivity contribution is -0.116. The van der Waals surface area contributed by atoms with Crippen molar-refractivity contribution in [3.05, 3.63) is 84.2 Å². The average molecular weight is 387 g/mol. The number of carbonyl (C=O) groups is 3. The molecule has 0 radical (unpaired) electrons. The minimum absolute atomic E-state index is 0.0262. The Morgan fingerprint density at radius 2 is 1.69 bits per heavy atom. The standard InChI is InChI=1S/C22H17N3O4/c26-19(12-14-25-21(27)16-9-6-13-23-20(16)22(25)28)24-17-10-4-5-11-18(17)29-15-7-2-1-3-8-15/h1-11,13H,12,14H2,(H,24,26). The molecule has 1 aromatic heterocycles. The van der Waals surface area contributed by atoms with Crippen LogP contribution in [0.3, 0.4) is 0 Å². The third kappa shape index (κ3) is 3.84. The van der Waals surface area contributed by atoms with Crippen LogP contribution in [0.1, 0.15) is 27.3 Å². The maximum Gasteiger partial charge on any atom is 0.280 e. The third-order valence-electron chi connectivity index (χ3n) is 4.43. The molecule has 4 rings (SSSR count). The van der Waals surface area contributed by atoms with E-state index in [1.54, 1.807) is 36.4 Å². The second-order valence-corrected chi connectivity index (χ2v) is 6.37. The Bertz CT molecular complexity index is 1050. The van der Waals surface area contributed by atoms with Gasteiger partial charge in [-0.3, -0.25) is 24.3 Å². The number of amides is 3. The zero-order valence-corrected chi connectivity index (χ0v) is 15.4. The Morgan fingerprint density at radius 3 is 2.48 bits per heavy atom. The first-order valence-electron chi connectivity index (χ1n) is 9.06. The van der Waals surface area contributed by atoms with Gasteiger partial charge in [0.05, 0.1) is 11.3 Å². The SMILES string of the molecule is O=C(CCN1C(=O)c2cccnc2C1=O)Nc1ccccc1Oc1ccccc1. The molecule has 7 heteroatoms. The molecule has 1 N–H and O–H groups in total. The Morgan fingerprint density at radius 1 is 0.931 bits per heavy atom. The molecule has 2 aromatic carbocycles. The summed E-state index contributed by atoms with van der Waals surface area (Å²) in [4.78, 5) is 42.1. The number of benzene rings is 2. The van der Waals surface area contributed by atoms with Crippen molar-refractivity contribution in [2.24, 2.45) is 0 Å². The van der Waals surface area contributed by atoms with Crippen LogP contribution < -0.4 is 10.1 Å². The molecule has 0 atom stereocenters. The maximum absolute atomic E-state index is 12.4. The quantitative estimate of drug-likeness (QED) is 0.654. The van der Waals surface area contributed by atoms with Gasteiger partial charge in [-0.05, 0) is 36.4 Å². The molecule has 3 amide bonds. The number of ether oxygens (including phenoxy) is 1. The Hall–Kier alpha value is -4.00. The number of imide groups is 1. The van der Waals surface area contributed by atoms with E-state index in [2.05, 4.69) is 10.3 Å². The summed E-state index contributed by atoms with van der Waals surface area (Å²) >= 11 is 0. The highest BCUT2D eigenvalue weighted by atomic mass is 16.5. The van der Waals surface area contributed by atoms with E-state index in [0.717, 1.165) is 4.90 Å². The average Bonchev–Trinajstić information content (AvgIpc) is 2.99. The lowest BCUT2D eigenvalue weighted by atomic mass is 10.2. The van der Waals surface area contributed by atoms with Crippen molar-refractivity contribution in [2.45, 2.75) is 6.42 Å². The zero-order chi connectivity index (χ0) is 20.2. The Balaban J connectivity index is 1.40. The molecule has 0 spiro atoms. The van der Waals surface area contributed by atoms with Gasteiger partial charge in [0.25, 0.3) is 11.8 Å². The molecular weight excluding hydrogens is 370 g/mol. The highest BCUT2D eigenvalue weighted by molar-refractivity contribution is 6.20. The zero-order valence-electron chi connectivity index (χ0n) is 15.4. The first kappa shape index (κ1) is 18.4. The van der Waals surface area contributed by atoms with Crippen molar-refractivity contribution in [3.8, 4) is 11.5 Å². The van der Waals surface area contributed by atoms with Crippen LogP contribution in [0.5, 0.6) is 11.5 Å². The monoisotopic (exact) mass is 387 g/mol. The summed E-state index contributed by atoms with van der Waals surface area (Å²) in [5.74, 6) is -0.103. The van der Waals surface area contributed by atoms with Crippen molar-refractivity contribution in [1.29, 1.82) is 0 Å². The van der Waals surface area contributed by atoms with Crippen LogP contribution in [0.15, 0.2) is 72.9 Å². The summed E-state index contributed by atoms with van der Waals surface area (Å²) in [6, 6.07) is 19.4. The maximum atomic E-state index is 12.4. The number of rotatable bonds is 6. The van der Waals surface area contributed by atoms with Gasteiger partial charge in [-0.15, -0.1) is 0 Å². The number of anilines is 1. The van der Waals surface area contributed by atoms with Crippen molar-refractivity contribution in [2.75, 3.05) is 11.9 Å². The number of carbonyl (C=O) groups excluding carboxylic acids is 3. The molecule has 0 unspecified atom stereocenters. The third-order valence-corrected chi connectivity index (χ3v) is 4.43. The van der Waals surface area contributed by atoms with Crippen molar-refractivity contribution in [1.82, 2.24) is 9.88 Å². The first-order chi connectivity index (χ1) is 14.1. The highest BCUT2D eigenvalue weighted by Gasteiger charge is 2.36. The van der Waals surface area contributed by atoms with E-state index in [1.165, 1.54) is 6.20 Å². The van der Waals surface area contributed by atoms with Crippen LogP contribution in [0.4, 0.5) is 5.69 Å². The van der Waals surface area contributed by atoms with E-state index in [0.29, 0.717) is 17.2 Å². The van der Waals surface area contributed by atoms with Crippen LogP contribution in [-0.2, 0) is 4.79 Å². The van der Waals surface area contributed by atoms with E-state index < -0.39 is 11.8 Å². The number of para-hydroxylation sites is 3. The number of aromatic nitrogens is 1. The number of hydrogen-bond acceptors (Lipinski definition) is 5. The lowest BCUT2D eigenvalue weighted by Gasteiger charge is -2.15. The summed E-state index contributed by atoms with van der Waals surface area (Å²) in [6.45, 7) is -0.0262. The van der Waals surface area contributed by atoms with Gasteiger partial charge in [0.2, 0.25) is 5.91 Å². The molecule has 144 valence electrons. The van der Waals surface area contributed by atoms with E-state index >= 15 is 0 Å². The fraction of sp³-hybridized carbons (Fsp3) is 0.0909. The summed E-state index contributed by atoms with van der Waals surface area (Å²) in [6.07, 6.45) is 1.43. The predicted octanol–water partition coefficient (Wildman–Crippen LogP) is 3.50. The fourth-order valence-corrected chi connectivity index (χ4v) is 3.02. The molecular formula is C22H17N3O4. The van der Waals surface area contributed by atoms with Crippen molar-refractivity contribution < 1.29 is 19.1 Å². The number of nitrogens with zero attached hydrogens (tertiary/aromatic N) is 2. The Labute approximate surface area is 166 Å². The molecule has 2 heterocycles. The molecule has 0 saturated carbocycles. The van der Waals surface area contributed by atoms with Crippen LogP contribution in [0, 0.1) is 0 Å². The van der Waals surface area contributed by atoms with Crippen LogP contribution in [0.25, 0.3) is 0 Å². The Kier molecular flexibility index (Phi) is 5.03. The van der Waals surface area contributed by atoms with Gasteiger partial charge in [-0.2, -0.15) is 0 Å². The minimum atomic E-state index is -0.480. The molecule has 0 bridgehead atoms. The predicted molar refractivity (Wildman–Crippen MR) is 106 cm³/mol. The summed E-state index contributed by atoms with van der Waals surface area (Å²) in [5.41, 5.74) is 0.893. The van der Waals surface area contributed by atoms with Crippen LogP contribution >= 0.6 is 0 Å². The topological polar surface area (TPSA) is 88.6 Å². The van der Waals surface area contributed by atoms with Crippen LogP contribution in [-0.4, -0.2) is 34.2 Å². The minimum Gasteiger partial charge on any atom is -0.455 e. The van der Waals surface area contributed by atoms with Gasteiger partial charge in [-0.1, -0.05) is 30.3 Å². The number of hydrogen-bond donors (Lipinski definition) is 1. The van der Waals surface area contributed by atoms with Gasteiger partial charge in [0, 0.05) is 19.2 Å². The number of fused-ring (bicyclic) bond motifs is 1. The molecule has 0 saturated heterocycles. The molecule has 7 nitrogen and oxygen atoms in total. The van der Waals surface area contributed by atoms with Crippen molar-refractivity contribution >= 4 is 23.4 Å². The largest absolute Gasteiger partial charge is 0.455 e. The molecule has 3 aromatic rings. The fourth-order valence-electron chi connectivity index (χ4n) is 3.02. The van der Waals surface area contributed by atoms with Gasteiger partial charge in [0.1, 0.15) is 11.4 Å². The molecule has 0 aliphatic carbocycles. The van der Waals surface area contributed by atoms with E-state index in [9.17, 15) is 14.4 Å². The van der Waals surface area contributed by atoms with Crippen molar-refractivity contribution in [3.63, 3.8) is 0 Å². The second kappa shape index (κ2) is 7.93. The van der Waals surface area contributed by atoms with Gasteiger partial charge in [-0.25, -0.2) is 0 Å². The van der Waals surface area contributed by atoms with E-state index in [-0.39, 0.29) is 30.1 Å². The molecule has 29 heavy (non-hydrogen) atoms. The van der Waals surface area contributed by atoms with Crippen LogP contribution in [0.2, 0.25) is 0 Å². The van der Waals surface area contributed by atoms with Gasteiger partial charge >= 0.3 is 0 Å². The number of pyridine rings is 1. The van der Waals surface area contributed by atoms with E-state index in [4.69, 9.17) is 4.74 Å². The smallest absolute Gasteiger partial charge is 0.280 e. The highest BCUT2D eigenvalue weighted by Crippen LogP contribution is 2.29. The molecule has 1 aliphatic heterocycles. The first-order valence-corrected chi connectivity index (χ1v) is 9.06. The second-order valence-electron chi connectivity index (χ2n) is 6.37. The molecule has 1 aliphatic rings.